The van der Waals surface area contributed by atoms with Crippen LogP contribution in [0.15, 0.2) is 42.5 Å². The van der Waals surface area contributed by atoms with Crippen LogP contribution in [0.5, 0.6) is 5.88 Å². The zero-order valence-corrected chi connectivity index (χ0v) is 16.6. The first-order valence-electron chi connectivity index (χ1n) is 9.19. The molecule has 0 unspecified atom stereocenters. The molecule has 0 atom stereocenters. The highest BCUT2D eigenvalue weighted by Crippen LogP contribution is 2.31. The number of carbonyl (C=O) groups excluding carboxylic acids is 1. The van der Waals surface area contributed by atoms with Gasteiger partial charge in [0.25, 0.3) is 0 Å². The Labute approximate surface area is 159 Å². The molecular formula is C22H26N2O3. The Hall–Kier alpha value is -2.82. The minimum absolute atomic E-state index is 0.0382. The van der Waals surface area contributed by atoms with Gasteiger partial charge in [0.15, 0.2) is 0 Å². The number of pyridine rings is 1. The first-order chi connectivity index (χ1) is 12.8. The Balaban J connectivity index is 2.07. The number of aromatic nitrogens is 2. The summed E-state index contributed by atoms with van der Waals surface area (Å²) >= 11 is 0. The SMILES string of the molecule is CCOC(=O)Oc1cc2cc(C(C)(C)C)ccc2n1Cc1cccc(C)n1. The smallest absolute Gasteiger partial charge is 0.434 e. The van der Waals surface area contributed by atoms with Gasteiger partial charge >= 0.3 is 6.16 Å². The van der Waals surface area contributed by atoms with Crippen molar-refractivity contribution in [3.05, 3.63) is 59.4 Å². The predicted molar refractivity (Wildman–Crippen MR) is 106 cm³/mol. The van der Waals surface area contributed by atoms with Crippen molar-refractivity contribution < 1.29 is 14.3 Å². The summed E-state index contributed by atoms with van der Waals surface area (Å²) in [6.45, 7) is 11.0. The molecule has 0 aliphatic heterocycles. The van der Waals surface area contributed by atoms with E-state index in [0.29, 0.717) is 12.4 Å². The fourth-order valence-electron chi connectivity index (χ4n) is 3.04. The van der Waals surface area contributed by atoms with Gasteiger partial charge in [-0.3, -0.25) is 4.98 Å². The maximum Gasteiger partial charge on any atom is 0.515 e. The summed E-state index contributed by atoms with van der Waals surface area (Å²) in [4.78, 5) is 16.5. The number of nitrogens with zero attached hydrogens (tertiary/aromatic N) is 2. The second-order valence-corrected chi connectivity index (χ2v) is 7.65. The van der Waals surface area contributed by atoms with Crippen molar-refractivity contribution in [3.63, 3.8) is 0 Å². The number of ether oxygens (including phenoxy) is 2. The molecule has 5 nitrogen and oxygen atoms in total. The van der Waals surface area contributed by atoms with E-state index in [1.54, 1.807) is 6.92 Å². The van der Waals surface area contributed by atoms with Gasteiger partial charge in [0.05, 0.1) is 24.4 Å². The molecule has 5 heteroatoms. The summed E-state index contributed by atoms with van der Waals surface area (Å²) in [5.74, 6) is 0.456. The number of benzene rings is 1. The number of aryl methyl sites for hydroxylation is 1. The van der Waals surface area contributed by atoms with Gasteiger partial charge in [-0.1, -0.05) is 32.9 Å². The van der Waals surface area contributed by atoms with Gasteiger partial charge in [-0.15, -0.1) is 0 Å². The molecule has 0 amide bonds. The topological polar surface area (TPSA) is 53.4 Å². The van der Waals surface area contributed by atoms with Gasteiger partial charge in [-0.25, -0.2) is 4.79 Å². The van der Waals surface area contributed by atoms with Crippen molar-refractivity contribution in [2.45, 2.75) is 46.6 Å². The molecule has 0 radical (unpaired) electrons. The molecule has 3 rings (SSSR count). The van der Waals surface area contributed by atoms with Crippen LogP contribution in [0.2, 0.25) is 0 Å². The van der Waals surface area contributed by atoms with Crippen LogP contribution in [-0.4, -0.2) is 22.3 Å². The molecule has 2 aromatic heterocycles. The van der Waals surface area contributed by atoms with Crippen LogP contribution < -0.4 is 4.74 Å². The van der Waals surface area contributed by atoms with E-state index in [9.17, 15) is 4.79 Å². The van der Waals surface area contributed by atoms with E-state index in [-0.39, 0.29) is 12.0 Å². The second-order valence-electron chi connectivity index (χ2n) is 7.65. The van der Waals surface area contributed by atoms with Gasteiger partial charge < -0.3 is 14.0 Å². The summed E-state index contributed by atoms with van der Waals surface area (Å²) in [7, 11) is 0. The second kappa shape index (κ2) is 7.43. The van der Waals surface area contributed by atoms with Gasteiger partial charge in [-0.05, 0) is 49.1 Å². The molecule has 0 spiro atoms. The normalized spacial score (nSPS) is 11.6. The lowest BCUT2D eigenvalue weighted by molar-refractivity contribution is 0.101. The lowest BCUT2D eigenvalue weighted by Gasteiger charge is -2.19. The highest BCUT2D eigenvalue weighted by molar-refractivity contribution is 5.84. The molecule has 1 aromatic carbocycles. The first-order valence-corrected chi connectivity index (χ1v) is 9.19. The van der Waals surface area contributed by atoms with Gasteiger partial charge in [0.2, 0.25) is 5.88 Å². The van der Waals surface area contributed by atoms with Gasteiger partial charge in [-0.2, -0.15) is 0 Å². The average molecular weight is 366 g/mol. The Kier molecular flexibility index (Phi) is 5.22. The lowest BCUT2D eigenvalue weighted by Crippen LogP contribution is -2.14. The zero-order valence-electron chi connectivity index (χ0n) is 16.6. The average Bonchev–Trinajstić information content (AvgIpc) is 2.91. The van der Waals surface area contributed by atoms with Gasteiger partial charge in [0.1, 0.15) is 0 Å². The Morgan fingerprint density at radius 3 is 2.59 bits per heavy atom. The Morgan fingerprint density at radius 1 is 1.15 bits per heavy atom. The summed E-state index contributed by atoms with van der Waals surface area (Å²) < 4.78 is 12.4. The molecular weight excluding hydrogens is 340 g/mol. The molecule has 27 heavy (non-hydrogen) atoms. The summed E-state index contributed by atoms with van der Waals surface area (Å²) in [6, 6.07) is 14.1. The molecule has 0 bridgehead atoms. The molecule has 2 heterocycles. The maximum atomic E-state index is 11.9. The van der Waals surface area contributed by atoms with Crippen LogP contribution in [-0.2, 0) is 16.7 Å². The van der Waals surface area contributed by atoms with E-state index in [0.717, 1.165) is 22.3 Å². The standard InChI is InChI=1S/C22H26N2O3/c1-6-26-21(25)27-20-13-16-12-17(22(3,4)5)10-11-19(16)24(20)14-18-9-7-8-15(2)23-18/h7-13H,6,14H2,1-5H3. The van der Waals surface area contributed by atoms with E-state index < -0.39 is 6.16 Å². The van der Waals surface area contributed by atoms with Crippen molar-refractivity contribution >= 4 is 17.1 Å². The van der Waals surface area contributed by atoms with Crippen LogP contribution in [0.4, 0.5) is 4.79 Å². The predicted octanol–water partition coefficient (Wildman–Crippen LogP) is 5.23. The van der Waals surface area contributed by atoms with E-state index in [1.807, 2.05) is 35.8 Å². The first kappa shape index (κ1) is 19.0. The molecule has 0 aliphatic rings. The van der Waals surface area contributed by atoms with Crippen LogP contribution in [0.1, 0.15) is 44.6 Å². The fraction of sp³-hybridized carbons (Fsp3) is 0.364. The molecule has 0 fully saturated rings. The maximum absolute atomic E-state index is 11.9. The van der Waals surface area contributed by atoms with Crippen molar-refractivity contribution in [2.24, 2.45) is 0 Å². The van der Waals surface area contributed by atoms with E-state index >= 15 is 0 Å². The Morgan fingerprint density at radius 2 is 1.93 bits per heavy atom. The highest BCUT2D eigenvalue weighted by atomic mass is 16.7. The summed E-state index contributed by atoms with van der Waals surface area (Å²) in [5, 5.41) is 1.02. The molecule has 0 saturated carbocycles. The number of hydrogen-bond acceptors (Lipinski definition) is 4. The van der Waals surface area contributed by atoms with Crippen LogP contribution in [0.25, 0.3) is 10.9 Å². The van der Waals surface area contributed by atoms with Gasteiger partial charge in [0, 0.05) is 17.1 Å². The van der Waals surface area contributed by atoms with Crippen molar-refractivity contribution in [2.75, 3.05) is 6.61 Å². The highest BCUT2D eigenvalue weighted by Gasteiger charge is 2.19. The number of fused-ring (bicyclic) bond motifs is 1. The summed E-state index contributed by atoms with van der Waals surface area (Å²) in [6.07, 6.45) is -0.699. The van der Waals surface area contributed by atoms with Crippen molar-refractivity contribution in [3.8, 4) is 5.88 Å². The van der Waals surface area contributed by atoms with E-state index in [2.05, 4.69) is 44.0 Å². The lowest BCUT2D eigenvalue weighted by atomic mass is 9.86. The zero-order chi connectivity index (χ0) is 19.6. The molecule has 0 saturated heterocycles. The third-order valence-electron chi connectivity index (χ3n) is 4.45. The Bertz CT molecular complexity index is 967. The van der Waals surface area contributed by atoms with Crippen LogP contribution >= 0.6 is 0 Å². The quantitative estimate of drug-likeness (QED) is 0.594. The molecule has 0 aliphatic carbocycles. The van der Waals surface area contributed by atoms with Crippen LogP contribution in [0, 0.1) is 6.92 Å². The third-order valence-corrected chi connectivity index (χ3v) is 4.45. The molecule has 3 aromatic rings. The molecule has 0 N–H and O–H groups in total. The minimum Gasteiger partial charge on any atom is -0.434 e. The number of carbonyl (C=O) groups is 1. The van der Waals surface area contributed by atoms with Crippen molar-refractivity contribution in [1.29, 1.82) is 0 Å². The summed E-state index contributed by atoms with van der Waals surface area (Å²) in [5.41, 5.74) is 4.11. The van der Waals surface area contributed by atoms with Crippen molar-refractivity contribution in [1.82, 2.24) is 9.55 Å². The van der Waals surface area contributed by atoms with E-state index in [1.165, 1.54) is 5.56 Å². The number of rotatable bonds is 4. The third kappa shape index (κ3) is 4.30. The monoisotopic (exact) mass is 366 g/mol. The van der Waals surface area contributed by atoms with Crippen LogP contribution in [0.3, 0.4) is 0 Å². The fourth-order valence-corrected chi connectivity index (χ4v) is 3.04. The number of hydrogen-bond donors (Lipinski definition) is 0. The minimum atomic E-state index is -0.699. The van der Waals surface area contributed by atoms with E-state index in [4.69, 9.17) is 9.47 Å². The largest absolute Gasteiger partial charge is 0.515 e. The molecule has 142 valence electrons.